The lowest BCUT2D eigenvalue weighted by molar-refractivity contribution is 0.555. The smallest absolute Gasteiger partial charge is 0.186 e. The highest BCUT2D eigenvalue weighted by atomic mass is 35.5. The summed E-state index contributed by atoms with van der Waals surface area (Å²) in [5.74, 6) is 0. The Kier molecular flexibility index (Phi) is 3.87. The number of hydrogen-bond donors (Lipinski definition) is 0. The number of rotatable bonds is 2. The van der Waals surface area contributed by atoms with E-state index in [-0.39, 0.29) is 0 Å². The monoisotopic (exact) mass is 244 g/mol. The van der Waals surface area contributed by atoms with Gasteiger partial charge in [0.1, 0.15) is 5.15 Å². The fourth-order valence-corrected chi connectivity index (χ4v) is 3.28. The van der Waals surface area contributed by atoms with Crippen LogP contribution in [0.3, 0.4) is 0 Å². The molecule has 0 N–H and O–H groups in total. The molecule has 2 heterocycles. The maximum absolute atomic E-state index is 5.88. The highest BCUT2D eigenvalue weighted by molar-refractivity contribution is 7.14. The minimum absolute atomic E-state index is 0.633. The van der Waals surface area contributed by atoms with E-state index in [0.717, 1.165) is 11.7 Å². The van der Waals surface area contributed by atoms with E-state index in [0.29, 0.717) is 11.2 Å². The van der Waals surface area contributed by atoms with Gasteiger partial charge in [-0.05, 0) is 19.3 Å². The molecule has 0 radical (unpaired) electrons. The molecule has 1 aliphatic heterocycles. The predicted octanol–water partition coefficient (Wildman–Crippen LogP) is 3.96. The number of nitrogens with zero attached hydrogens (tertiary/aromatic N) is 2. The van der Waals surface area contributed by atoms with Crippen LogP contribution in [0.4, 0.5) is 5.13 Å². The van der Waals surface area contributed by atoms with E-state index in [1.807, 2.05) is 5.38 Å². The lowest BCUT2D eigenvalue weighted by Crippen LogP contribution is -2.34. The molecule has 1 saturated heterocycles. The van der Waals surface area contributed by atoms with Crippen molar-refractivity contribution in [3.05, 3.63) is 10.5 Å². The van der Waals surface area contributed by atoms with Crippen molar-refractivity contribution in [3.63, 3.8) is 0 Å². The van der Waals surface area contributed by atoms with Crippen molar-refractivity contribution in [2.45, 2.75) is 45.1 Å². The molecule has 1 aromatic heterocycles. The second-order valence-electron chi connectivity index (χ2n) is 4.06. The molecule has 2 rings (SSSR count). The van der Waals surface area contributed by atoms with Crippen LogP contribution in [0.25, 0.3) is 0 Å². The van der Waals surface area contributed by atoms with E-state index in [2.05, 4.69) is 16.8 Å². The molecule has 15 heavy (non-hydrogen) atoms. The van der Waals surface area contributed by atoms with Gasteiger partial charge in [0.05, 0.1) is 0 Å². The molecule has 4 heteroatoms. The molecule has 1 aromatic rings. The first-order valence-corrected chi connectivity index (χ1v) is 6.94. The van der Waals surface area contributed by atoms with Gasteiger partial charge >= 0.3 is 0 Å². The molecular formula is C11H17ClN2S. The van der Waals surface area contributed by atoms with Gasteiger partial charge in [-0.3, -0.25) is 0 Å². The van der Waals surface area contributed by atoms with Gasteiger partial charge in [-0.15, -0.1) is 11.3 Å². The zero-order valence-corrected chi connectivity index (χ0v) is 10.7. The molecule has 1 aliphatic rings. The maximum atomic E-state index is 5.88. The van der Waals surface area contributed by atoms with E-state index in [9.17, 15) is 0 Å². The fourth-order valence-electron chi connectivity index (χ4n) is 2.23. The van der Waals surface area contributed by atoms with Crippen molar-refractivity contribution in [2.75, 3.05) is 11.4 Å². The van der Waals surface area contributed by atoms with Crippen molar-refractivity contribution in [3.8, 4) is 0 Å². The Morgan fingerprint density at radius 1 is 1.53 bits per heavy atom. The normalized spacial score (nSPS) is 22.8. The van der Waals surface area contributed by atoms with Crippen LogP contribution in [0.15, 0.2) is 5.38 Å². The van der Waals surface area contributed by atoms with E-state index >= 15 is 0 Å². The minimum Gasteiger partial charge on any atom is -0.345 e. The summed E-state index contributed by atoms with van der Waals surface area (Å²) in [5.41, 5.74) is 0. The lowest BCUT2D eigenvalue weighted by atomic mass is 10.1. The van der Waals surface area contributed by atoms with Crippen molar-refractivity contribution in [1.29, 1.82) is 0 Å². The molecule has 84 valence electrons. The molecular weight excluding hydrogens is 228 g/mol. The highest BCUT2D eigenvalue weighted by Crippen LogP contribution is 2.29. The third-order valence-corrected chi connectivity index (χ3v) is 4.26. The van der Waals surface area contributed by atoms with E-state index in [1.165, 1.54) is 32.1 Å². The Morgan fingerprint density at radius 3 is 3.07 bits per heavy atom. The van der Waals surface area contributed by atoms with E-state index in [1.54, 1.807) is 11.3 Å². The molecule has 0 amide bonds. The van der Waals surface area contributed by atoms with Gasteiger partial charge in [-0.2, -0.15) is 0 Å². The molecule has 0 spiro atoms. The molecule has 0 aromatic carbocycles. The number of aromatic nitrogens is 1. The van der Waals surface area contributed by atoms with Gasteiger partial charge in [0.2, 0.25) is 0 Å². The van der Waals surface area contributed by atoms with Gasteiger partial charge in [-0.25, -0.2) is 4.98 Å². The summed E-state index contributed by atoms with van der Waals surface area (Å²) in [6, 6.07) is 0.662. The average molecular weight is 245 g/mol. The Morgan fingerprint density at radius 2 is 2.40 bits per heavy atom. The molecule has 0 bridgehead atoms. The number of halogens is 1. The summed E-state index contributed by atoms with van der Waals surface area (Å²) in [5, 5.41) is 3.66. The predicted molar refractivity (Wildman–Crippen MR) is 67.0 cm³/mol. The quantitative estimate of drug-likeness (QED) is 0.783. The first kappa shape index (κ1) is 11.2. The van der Waals surface area contributed by atoms with E-state index < -0.39 is 0 Å². The van der Waals surface area contributed by atoms with Gasteiger partial charge in [0, 0.05) is 18.0 Å². The molecule has 1 unspecified atom stereocenters. The highest BCUT2D eigenvalue weighted by Gasteiger charge is 2.21. The van der Waals surface area contributed by atoms with Crippen molar-refractivity contribution >= 4 is 28.1 Å². The second kappa shape index (κ2) is 5.17. The van der Waals surface area contributed by atoms with Crippen LogP contribution in [0.2, 0.25) is 5.15 Å². The van der Waals surface area contributed by atoms with Gasteiger partial charge < -0.3 is 4.90 Å². The largest absolute Gasteiger partial charge is 0.345 e. The third kappa shape index (κ3) is 2.64. The van der Waals surface area contributed by atoms with E-state index in [4.69, 9.17) is 11.6 Å². The third-order valence-electron chi connectivity index (χ3n) is 3.06. The fraction of sp³-hybridized carbons (Fsp3) is 0.727. The first-order chi connectivity index (χ1) is 7.31. The number of anilines is 1. The number of hydrogen-bond acceptors (Lipinski definition) is 3. The molecule has 0 saturated carbocycles. The standard InChI is InChI=1S/C11H17ClN2S/c1-2-9-6-4-3-5-7-14(9)11-13-10(12)8-15-11/h8-9H,2-7H2,1H3. The van der Waals surface area contributed by atoms with Crippen LogP contribution < -0.4 is 4.90 Å². The van der Waals surface area contributed by atoms with Crippen LogP contribution in [0.5, 0.6) is 0 Å². The van der Waals surface area contributed by atoms with Crippen LogP contribution in [0.1, 0.15) is 39.0 Å². The average Bonchev–Trinajstić information content (AvgIpc) is 2.54. The lowest BCUT2D eigenvalue weighted by Gasteiger charge is -2.28. The van der Waals surface area contributed by atoms with Crippen molar-refractivity contribution in [1.82, 2.24) is 4.98 Å². The topological polar surface area (TPSA) is 16.1 Å². The van der Waals surface area contributed by atoms with Crippen molar-refractivity contribution < 1.29 is 0 Å². The summed E-state index contributed by atoms with van der Waals surface area (Å²) < 4.78 is 0. The Balaban J connectivity index is 2.16. The first-order valence-electron chi connectivity index (χ1n) is 5.69. The van der Waals surface area contributed by atoms with Gasteiger partial charge in [0.15, 0.2) is 5.13 Å². The summed E-state index contributed by atoms with van der Waals surface area (Å²) in [7, 11) is 0. The van der Waals surface area contributed by atoms with Crippen molar-refractivity contribution in [2.24, 2.45) is 0 Å². The summed E-state index contributed by atoms with van der Waals surface area (Å²) in [6.45, 7) is 3.40. The van der Waals surface area contributed by atoms with Crippen LogP contribution in [0, 0.1) is 0 Å². The maximum Gasteiger partial charge on any atom is 0.186 e. The van der Waals surface area contributed by atoms with Gasteiger partial charge in [0.25, 0.3) is 0 Å². The summed E-state index contributed by atoms with van der Waals surface area (Å²) in [4.78, 5) is 6.83. The molecule has 1 fully saturated rings. The molecule has 2 nitrogen and oxygen atoms in total. The summed E-state index contributed by atoms with van der Waals surface area (Å²) in [6.07, 6.45) is 6.50. The number of thiazole rings is 1. The Hall–Kier alpha value is -0.280. The Labute approximate surface area is 100 Å². The Bertz CT molecular complexity index is 313. The summed E-state index contributed by atoms with van der Waals surface area (Å²) >= 11 is 7.55. The molecule has 0 aliphatic carbocycles. The molecule has 1 atom stereocenters. The zero-order valence-electron chi connectivity index (χ0n) is 9.08. The van der Waals surface area contributed by atoms with Crippen LogP contribution in [-0.2, 0) is 0 Å². The minimum atomic E-state index is 0.633. The van der Waals surface area contributed by atoms with Crippen LogP contribution in [-0.4, -0.2) is 17.6 Å². The van der Waals surface area contributed by atoms with Gasteiger partial charge in [-0.1, -0.05) is 31.4 Å². The van der Waals surface area contributed by atoms with Crippen LogP contribution >= 0.6 is 22.9 Å². The SMILES string of the molecule is CCC1CCCCCN1c1nc(Cl)cs1. The second-order valence-corrected chi connectivity index (χ2v) is 5.28. The zero-order chi connectivity index (χ0) is 10.7.